The summed E-state index contributed by atoms with van der Waals surface area (Å²) >= 11 is 0. The van der Waals surface area contributed by atoms with Gasteiger partial charge >= 0.3 is 0 Å². The zero-order chi connectivity index (χ0) is 15.0. The normalized spacial score (nSPS) is 21.0. The Labute approximate surface area is 124 Å². The molecule has 1 aromatic carbocycles. The first kappa shape index (κ1) is 14.5. The van der Waals surface area contributed by atoms with Crippen molar-refractivity contribution in [3.05, 3.63) is 36.3 Å². The van der Waals surface area contributed by atoms with Crippen molar-refractivity contribution in [2.75, 3.05) is 19.3 Å². The molecule has 6 heteroatoms. The second kappa shape index (κ2) is 5.42. The van der Waals surface area contributed by atoms with Crippen LogP contribution in [0, 0.1) is 11.7 Å². The summed E-state index contributed by atoms with van der Waals surface area (Å²) < 4.78 is 40.6. The topological polar surface area (TPSA) is 42.3 Å². The van der Waals surface area contributed by atoms with E-state index in [1.54, 1.807) is 16.4 Å². The molecule has 1 aliphatic rings. The summed E-state index contributed by atoms with van der Waals surface area (Å²) in [6.07, 6.45) is 5.02. The summed E-state index contributed by atoms with van der Waals surface area (Å²) in [5, 5.41) is 0.619. The number of fused-ring (bicyclic) bond motifs is 1. The molecule has 0 bridgehead atoms. The number of rotatable bonds is 3. The zero-order valence-electron chi connectivity index (χ0n) is 12.0. The van der Waals surface area contributed by atoms with E-state index in [9.17, 15) is 12.8 Å². The summed E-state index contributed by atoms with van der Waals surface area (Å²) in [6.45, 7) is 1.88. The lowest BCUT2D eigenvalue weighted by atomic mass is 9.99. The van der Waals surface area contributed by atoms with Crippen molar-refractivity contribution in [2.45, 2.75) is 19.4 Å². The van der Waals surface area contributed by atoms with Gasteiger partial charge in [-0.2, -0.15) is 0 Å². The molecular formula is C15H19FN2O2S. The van der Waals surface area contributed by atoms with Crippen molar-refractivity contribution in [3.63, 3.8) is 0 Å². The molecule has 0 radical (unpaired) electrons. The highest BCUT2D eigenvalue weighted by atomic mass is 32.2. The van der Waals surface area contributed by atoms with Gasteiger partial charge < -0.3 is 4.57 Å². The van der Waals surface area contributed by atoms with Gasteiger partial charge in [0.05, 0.1) is 11.8 Å². The van der Waals surface area contributed by atoms with Crippen LogP contribution in [0.4, 0.5) is 4.39 Å². The molecule has 1 fully saturated rings. The molecule has 0 aliphatic carbocycles. The van der Waals surface area contributed by atoms with Crippen molar-refractivity contribution in [2.24, 2.45) is 5.92 Å². The maximum absolute atomic E-state index is 13.7. The molecule has 0 amide bonds. The lowest BCUT2D eigenvalue weighted by Gasteiger charge is -2.31. The maximum atomic E-state index is 13.7. The molecular weight excluding hydrogens is 291 g/mol. The van der Waals surface area contributed by atoms with Crippen LogP contribution < -0.4 is 0 Å². The minimum Gasteiger partial charge on any atom is -0.347 e. The van der Waals surface area contributed by atoms with Gasteiger partial charge in [0.25, 0.3) is 0 Å². The fourth-order valence-electron chi connectivity index (χ4n) is 3.10. The van der Waals surface area contributed by atoms with Gasteiger partial charge in [-0.1, -0.05) is 6.07 Å². The Morgan fingerprint density at radius 1 is 1.33 bits per heavy atom. The Balaban J connectivity index is 1.81. The van der Waals surface area contributed by atoms with Crippen molar-refractivity contribution in [1.82, 2.24) is 8.87 Å². The number of piperidine rings is 1. The Hall–Kier alpha value is -1.40. The van der Waals surface area contributed by atoms with Crippen molar-refractivity contribution in [3.8, 4) is 0 Å². The largest absolute Gasteiger partial charge is 0.347 e. The summed E-state index contributed by atoms with van der Waals surface area (Å²) in [7, 11) is -3.12. The van der Waals surface area contributed by atoms with Crippen LogP contribution in [-0.2, 0) is 16.6 Å². The second-order valence-corrected chi connectivity index (χ2v) is 7.75. The van der Waals surface area contributed by atoms with E-state index in [1.165, 1.54) is 12.3 Å². The minimum atomic E-state index is -3.12. The number of benzene rings is 1. The number of sulfonamides is 1. The molecule has 4 nitrogen and oxygen atoms in total. The fraction of sp³-hybridized carbons (Fsp3) is 0.467. The Bertz CT molecular complexity index is 754. The summed E-state index contributed by atoms with van der Waals surface area (Å²) in [6, 6.07) is 6.84. The molecule has 114 valence electrons. The second-order valence-electron chi connectivity index (χ2n) is 5.77. The summed E-state index contributed by atoms with van der Waals surface area (Å²) in [4.78, 5) is 0. The molecule has 1 saturated heterocycles. The number of nitrogens with zero attached hydrogens (tertiary/aromatic N) is 2. The molecule has 2 aromatic rings. The Morgan fingerprint density at radius 3 is 2.90 bits per heavy atom. The first-order chi connectivity index (χ1) is 9.95. The van der Waals surface area contributed by atoms with Gasteiger partial charge in [-0.05, 0) is 37.0 Å². The highest BCUT2D eigenvalue weighted by Gasteiger charge is 2.26. The summed E-state index contributed by atoms with van der Waals surface area (Å²) in [5.74, 6) is 0.0556. The van der Waals surface area contributed by atoms with Crippen LogP contribution in [-0.4, -0.2) is 36.6 Å². The smallest absolute Gasteiger partial charge is 0.211 e. The van der Waals surface area contributed by atoms with Gasteiger partial charge in [-0.3, -0.25) is 0 Å². The van der Waals surface area contributed by atoms with Gasteiger partial charge in [0, 0.05) is 31.2 Å². The van der Waals surface area contributed by atoms with E-state index in [1.807, 2.05) is 16.8 Å². The van der Waals surface area contributed by atoms with Gasteiger partial charge in [0.2, 0.25) is 10.0 Å². The Morgan fingerprint density at radius 2 is 2.14 bits per heavy atom. The van der Waals surface area contributed by atoms with E-state index >= 15 is 0 Å². The summed E-state index contributed by atoms with van der Waals surface area (Å²) in [5.41, 5.74) is 0.867. The quantitative estimate of drug-likeness (QED) is 0.874. The van der Waals surface area contributed by atoms with Crippen LogP contribution >= 0.6 is 0 Å². The maximum Gasteiger partial charge on any atom is 0.211 e. The third-order valence-corrected chi connectivity index (χ3v) is 5.44. The van der Waals surface area contributed by atoms with Crippen LogP contribution in [0.2, 0.25) is 0 Å². The van der Waals surface area contributed by atoms with E-state index < -0.39 is 10.0 Å². The zero-order valence-corrected chi connectivity index (χ0v) is 12.8. The first-order valence-corrected chi connectivity index (χ1v) is 8.98. The number of hydrogen-bond acceptors (Lipinski definition) is 2. The van der Waals surface area contributed by atoms with Gasteiger partial charge in [-0.25, -0.2) is 17.1 Å². The highest BCUT2D eigenvalue weighted by molar-refractivity contribution is 7.88. The van der Waals surface area contributed by atoms with Crippen LogP contribution in [0.3, 0.4) is 0 Å². The molecule has 1 unspecified atom stereocenters. The minimum absolute atomic E-state index is 0.215. The third-order valence-electron chi connectivity index (χ3n) is 4.17. The van der Waals surface area contributed by atoms with Crippen LogP contribution in [0.15, 0.2) is 30.5 Å². The van der Waals surface area contributed by atoms with Gasteiger partial charge in [0.1, 0.15) is 5.82 Å². The molecule has 0 N–H and O–H groups in total. The SMILES string of the molecule is CS(=O)(=O)N1CCCC(Cn2ccc3c(F)cccc32)C1. The molecule has 1 atom stereocenters. The van der Waals surface area contributed by atoms with Crippen LogP contribution in [0.5, 0.6) is 0 Å². The van der Waals surface area contributed by atoms with E-state index in [-0.39, 0.29) is 11.7 Å². The van der Waals surface area contributed by atoms with E-state index in [0.717, 1.165) is 24.9 Å². The number of hydrogen-bond donors (Lipinski definition) is 0. The molecule has 21 heavy (non-hydrogen) atoms. The number of halogens is 1. The lowest BCUT2D eigenvalue weighted by molar-refractivity contribution is 0.248. The van der Waals surface area contributed by atoms with Crippen molar-refractivity contribution >= 4 is 20.9 Å². The molecule has 0 spiro atoms. The molecule has 1 aliphatic heterocycles. The lowest BCUT2D eigenvalue weighted by Crippen LogP contribution is -2.40. The third kappa shape index (κ3) is 2.96. The van der Waals surface area contributed by atoms with E-state index in [2.05, 4.69) is 0 Å². The van der Waals surface area contributed by atoms with E-state index in [0.29, 0.717) is 18.5 Å². The highest BCUT2D eigenvalue weighted by Crippen LogP contribution is 2.24. The molecule has 0 saturated carbocycles. The first-order valence-electron chi connectivity index (χ1n) is 7.13. The van der Waals surface area contributed by atoms with Crippen molar-refractivity contribution in [1.29, 1.82) is 0 Å². The van der Waals surface area contributed by atoms with E-state index in [4.69, 9.17) is 0 Å². The molecule has 3 rings (SSSR count). The van der Waals surface area contributed by atoms with Gasteiger partial charge in [0.15, 0.2) is 0 Å². The van der Waals surface area contributed by atoms with Crippen molar-refractivity contribution < 1.29 is 12.8 Å². The predicted molar refractivity (Wildman–Crippen MR) is 81.0 cm³/mol. The molecule has 2 heterocycles. The van der Waals surface area contributed by atoms with Crippen LogP contribution in [0.25, 0.3) is 10.9 Å². The van der Waals surface area contributed by atoms with Gasteiger partial charge in [-0.15, -0.1) is 0 Å². The van der Waals surface area contributed by atoms with Crippen LogP contribution in [0.1, 0.15) is 12.8 Å². The molecule has 1 aromatic heterocycles. The Kier molecular flexibility index (Phi) is 3.75. The predicted octanol–water partition coefficient (Wildman–Crippen LogP) is 2.45. The monoisotopic (exact) mass is 310 g/mol. The average molecular weight is 310 g/mol. The fourth-order valence-corrected chi connectivity index (χ4v) is 4.04. The average Bonchev–Trinajstić information content (AvgIpc) is 2.83. The standard InChI is InChI=1S/C15H19FN2O2S/c1-21(19,20)18-8-3-4-12(11-18)10-17-9-7-13-14(16)5-2-6-15(13)17/h2,5-7,9,12H,3-4,8,10-11H2,1H3. The number of aromatic nitrogens is 1.